The molecule has 168 valence electrons. The lowest BCUT2D eigenvalue weighted by Crippen LogP contribution is -2.41. The van der Waals surface area contributed by atoms with Gasteiger partial charge in [0.25, 0.3) is 0 Å². The van der Waals surface area contributed by atoms with Gasteiger partial charge < -0.3 is 20.3 Å². The highest BCUT2D eigenvalue weighted by Crippen LogP contribution is 2.58. The van der Waals surface area contributed by atoms with Crippen molar-refractivity contribution in [2.24, 2.45) is 0 Å². The molecule has 4 aliphatic carbocycles. The monoisotopic (exact) mass is 441 g/mol. The van der Waals surface area contributed by atoms with Crippen LogP contribution in [0.2, 0.25) is 0 Å². The maximum Gasteiger partial charge on any atom is 0.194 e. The quantitative estimate of drug-likeness (QED) is 0.666. The second kappa shape index (κ2) is 7.80. The summed E-state index contributed by atoms with van der Waals surface area (Å²) in [6, 6.07) is 14.1. The van der Waals surface area contributed by atoms with Gasteiger partial charge in [-0.05, 0) is 57.9 Å². The molecule has 33 heavy (non-hydrogen) atoms. The third-order valence-corrected chi connectivity index (χ3v) is 7.62. The predicted molar refractivity (Wildman–Crippen MR) is 126 cm³/mol. The van der Waals surface area contributed by atoms with Crippen molar-refractivity contribution < 1.29 is 19.7 Å². The Kier molecular flexibility index (Phi) is 4.87. The number of nitrogens with one attached hydrogen (secondary N) is 1. The van der Waals surface area contributed by atoms with E-state index in [-0.39, 0.29) is 17.7 Å². The number of allylic oxidation sites excluding steroid dienone is 4. The van der Waals surface area contributed by atoms with E-state index in [4.69, 9.17) is 4.74 Å². The number of Topliss-reactive ketones (excluding diaryl/α,β-unsaturated/α-hetero) is 1. The summed E-state index contributed by atoms with van der Waals surface area (Å²) < 4.78 is 5.63. The van der Waals surface area contributed by atoms with Gasteiger partial charge in [0.1, 0.15) is 18.0 Å². The molecule has 0 radical (unpaired) electrons. The summed E-state index contributed by atoms with van der Waals surface area (Å²) >= 11 is 0. The molecule has 0 saturated heterocycles. The third kappa shape index (κ3) is 3.07. The molecule has 2 aromatic rings. The minimum Gasteiger partial charge on any atom is -0.508 e. The van der Waals surface area contributed by atoms with Crippen LogP contribution >= 0.6 is 0 Å². The Labute approximate surface area is 193 Å². The molecule has 0 bridgehead atoms. The van der Waals surface area contributed by atoms with Crippen molar-refractivity contribution >= 4 is 11.4 Å². The van der Waals surface area contributed by atoms with E-state index in [1.54, 1.807) is 6.07 Å². The SMILES string of the molecule is COC1C(=O)C(O)CC2=C1C1C(=C3CCC(NCc4ccccc4)c4c(O)ccc1c43)C=C2. The molecule has 0 heterocycles. The summed E-state index contributed by atoms with van der Waals surface area (Å²) in [6.45, 7) is 0.733. The molecule has 3 N–H and O–H groups in total. The number of fused-ring (bicyclic) bond motifs is 3. The number of ether oxygens (including phenoxy) is 1. The first-order chi connectivity index (χ1) is 16.1. The number of ketones is 1. The van der Waals surface area contributed by atoms with Gasteiger partial charge >= 0.3 is 0 Å². The molecule has 0 aliphatic heterocycles. The second-order valence-electron chi connectivity index (χ2n) is 9.34. The van der Waals surface area contributed by atoms with Crippen molar-refractivity contribution in [3.63, 3.8) is 0 Å². The van der Waals surface area contributed by atoms with Crippen LogP contribution in [0.5, 0.6) is 5.75 Å². The lowest BCUT2D eigenvalue weighted by molar-refractivity contribution is -0.136. The minimum atomic E-state index is -1.03. The van der Waals surface area contributed by atoms with Crippen LogP contribution in [0.1, 0.15) is 53.5 Å². The number of methoxy groups -OCH3 is 1. The standard InChI is InChI=1S/C28H27NO4/c1-33-28-23-16(13-22(31)27(28)32)7-8-17-18-9-11-20(29-14-15-5-3-2-4-6-15)26-21(30)12-10-19(24(17)23)25(18)26/h2-8,10,12,20,22,24,28-31H,9,11,13-14H2,1H3. The summed E-state index contributed by atoms with van der Waals surface area (Å²) in [5.41, 5.74) is 8.82. The van der Waals surface area contributed by atoms with Crippen molar-refractivity contribution in [1.29, 1.82) is 0 Å². The lowest BCUT2D eigenvalue weighted by Gasteiger charge is -2.35. The fraction of sp³-hybridized carbons (Fsp3) is 0.321. The highest BCUT2D eigenvalue weighted by atomic mass is 16.5. The highest BCUT2D eigenvalue weighted by Gasteiger charge is 2.46. The average Bonchev–Trinajstić information content (AvgIpc) is 3.16. The number of phenols is 1. The molecule has 5 nitrogen and oxygen atoms in total. The van der Waals surface area contributed by atoms with Crippen LogP contribution in [0.15, 0.2) is 71.3 Å². The number of rotatable bonds is 4. The smallest absolute Gasteiger partial charge is 0.194 e. The number of aromatic hydroxyl groups is 1. The number of carbonyl (C=O) groups is 1. The summed E-state index contributed by atoms with van der Waals surface area (Å²) in [7, 11) is 1.54. The fourth-order valence-electron chi connectivity index (χ4n) is 6.17. The Morgan fingerprint density at radius 3 is 2.73 bits per heavy atom. The zero-order chi connectivity index (χ0) is 22.7. The number of aliphatic hydroxyl groups excluding tert-OH is 1. The Morgan fingerprint density at radius 1 is 1.12 bits per heavy atom. The van der Waals surface area contributed by atoms with E-state index < -0.39 is 12.2 Å². The van der Waals surface area contributed by atoms with E-state index in [2.05, 4.69) is 23.5 Å². The van der Waals surface area contributed by atoms with Gasteiger partial charge in [0.15, 0.2) is 5.78 Å². The second-order valence-corrected chi connectivity index (χ2v) is 9.34. The highest BCUT2D eigenvalue weighted by molar-refractivity contribution is 5.95. The van der Waals surface area contributed by atoms with Gasteiger partial charge in [0, 0.05) is 37.6 Å². The zero-order valence-electron chi connectivity index (χ0n) is 18.5. The van der Waals surface area contributed by atoms with E-state index in [0.29, 0.717) is 12.2 Å². The molecule has 0 fully saturated rings. The molecular weight excluding hydrogens is 414 g/mol. The average molecular weight is 442 g/mol. The summed E-state index contributed by atoms with van der Waals surface area (Å²) in [5, 5.41) is 24.9. The number of hydrogen-bond donors (Lipinski definition) is 3. The normalized spacial score (nSPS) is 27.5. The molecule has 0 saturated carbocycles. The number of hydrogen-bond acceptors (Lipinski definition) is 5. The molecule has 0 amide bonds. The van der Waals surface area contributed by atoms with E-state index in [0.717, 1.165) is 47.2 Å². The number of benzene rings is 2. The van der Waals surface area contributed by atoms with Crippen LogP contribution < -0.4 is 5.32 Å². The van der Waals surface area contributed by atoms with E-state index in [1.807, 2.05) is 30.3 Å². The molecular formula is C28H27NO4. The van der Waals surface area contributed by atoms with Gasteiger partial charge in [-0.15, -0.1) is 0 Å². The summed E-state index contributed by atoms with van der Waals surface area (Å²) in [6.07, 6.45) is 4.54. The van der Waals surface area contributed by atoms with Crippen LogP contribution in [0.25, 0.3) is 5.57 Å². The first-order valence-electron chi connectivity index (χ1n) is 11.6. The van der Waals surface area contributed by atoms with Crippen molar-refractivity contribution in [3.05, 3.63) is 93.6 Å². The lowest BCUT2D eigenvalue weighted by atomic mass is 9.73. The van der Waals surface area contributed by atoms with Crippen LogP contribution in [-0.2, 0) is 16.1 Å². The summed E-state index contributed by atoms with van der Waals surface area (Å²) in [4.78, 5) is 12.8. The molecule has 4 unspecified atom stereocenters. The third-order valence-electron chi connectivity index (χ3n) is 7.62. The number of carbonyl (C=O) groups excluding carboxylic acids is 1. The number of aliphatic hydroxyl groups is 1. The molecule has 5 heteroatoms. The van der Waals surface area contributed by atoms with Crippen LogP contribution in [-0.4, -0.2) is 35.3 Å². The van der Waals surface area contributed by atoms with Crippen LogP contribution in [0.3, 0.4) is 0 Å². The van der Waals surface area contributed by atoms with Gasteiger partial charge in [0.05, 0.1) is 0 Å². The molecule has 0 spiro atoms. The molecule has 6 rings (SSSR count). The van der Waals surface area contributed by atoms with Gasteiger partial charge in [0.2, 0.25) is 0 Å². The maximum absolute atomic E-state index is 12.8. The van der Waals surface area contributed by atoms with E-state index in [1.165, 1.54) is 23.8 Å². The zero-order valence-corrected chi connectivity index (χ0v) is 18.5. The first kappa shape index (κ1) is 20.6. The fourth-order valence-corrected chi connectivity index (χ4v) is 6.17. The Balaban J connectivity index is 1.44. The topological polar surface area (TPSA) is 78.8 Å². The molecule has 0 aromatic heterocycles. The predicted octanol–water partition coefficient (Wildman–Crippen LogP) is 4.08. The van der Waals surface area contributed by atoms with Gasteiger partial charge in [-0.3, -0.25) is 4.79 Å². The van der Waals surface area contributed by atoms with Crippen molar-refractivity contribution in [2.45, 2.75) is 50.0 Å². The van der Waals surface area contributed by atoms with Gasteiger partial charge in [-0.1, -0.05) is 48.6 Å². The Bertz CT molecular complexity index is 1240. The van der Waals surface area contributed by atoms with Crippen LogP contribution in [0.4, 0.5) is 0 Å². The number of phenolic OH excluding ortho intramolecular Hbond substituents is 1. The molecule has 2 aromatic carbocycles. The Hall–Kier alpha value is -2.99. The minimum absolute atomic E-state index is 0.0510. The molecule has 4 aliphatic rings. The molecule has 4 atom stereocenters. The van der Waals surface area contributed by atoms with Crippen molar-refractivity contribution in [1.82, 2.24) is 5.32 Å². The summed E-state index contributed by atoms with van der Waals surface area (Å²) in [5.74, 6) is -0.0202. The van der Waals surface area contributed by atoms with Crippen molar-refractivity contribution in [3.8, 4) is 5.75 Å². The maximum atomic E-state index is 12.8. The van der Waals surface area contributed by atoms with Gasteiger partial charge in [-0.2, -0.15) is 0 Å². The van der Waals surface area contributed by atoms with E-state index in [9.17, 15) is 15.0 Å². The van der Waals surface area contributed by atoms with Gasteiger partial charge in [-0.25, -0.2) is 0 Å². The van der Waals surface area contributed by atoms with E-state index >= 15 is 0 Å². The first-order valence-corrected chi connectivity index (χ1v) is 11.6. The van der Waals surface area contributed by atoms with Crippen LogP contribution in [0, 0.1) is 0 Å². The van der Waals surface area contributed by atoms with Crippen molar-refractivity contribution in [2.75, 3.05) is 7.11 Å². The largest absolute Gasteiger partial charge is 0.508 e. The Morgan fingerprint density at radius 2 is 1.94 bits per heavy atom.